The van der Waals surface area contributed by atoms with E-state index in [9.17, 15) is 0 Å². The summed E-state index contributed by atoms with van der Waals surface area (Å²) >= 11 is 0. The Hall–Kier alpha value is -1.22. The molecule has 1 heterocycles. The molecular weight excluding hydrogens is 214 g/mol. The monoisotopic (exact) mass is 233 g/mol. The molecule has 1 aromatic carbocycles. The molecule has 1 atom stereocenters. The summed E-state index contributed by atoms with van der Waals surface area (Å²) in [5, 5.41) is 3.61. The van der Waals surface area contributed by atoms with Gasteiger partial charge in [-0.25, -0.2) is 0 Å². The molecule has 0 spiro atoms. The summed E-state index contributed by atoms with van der Waals surface area (Å²) in [5.74, 6) is 1.77. The van der Waals surface area contributed by atoms with Gasteiger partial charge >= 0.3 is 0 Å². The number of ether oxygens (including phenoxy) is 2. The zero-order valence-corrected chi connectivity index (χ0v) is 10.2. The third-order valence-corrected chi connectivity index (χ3v) is 3.25. The van der Waals surface area contributed by atoms with Crippen molar-refractivity contribution in [2.45, 2.75) is 38.3 Å². The van der Waals surface area contributed by atoms with Crippen LogP contribution >= 0.6 is 0 Å². The fraction of sp³-hybridized carbons (Fsp3) is 0.571. The SMILES string of the molecule is CC(Cc1ccc2c(c1)OCCO2)NC1CC1. The Labute approximate surface area is 102 Å². The van der Waals surface area contributed by atoms with Gasteiger partial charge < -0.3 is 14.8 Å². The summed E-state index contributed by atoms with van der Waals surface area (Å²) in [5.41, 5.74) is 1.31. The minimum Gasteiger partial charge on any atom is -0.486 e. The molecule has 0 saturated heterocycles. The maximum Gasteiger partial charge on any atom is 0.161 e. The predicted octanol–water partition coefficient (Wildman–Crippen LogP) is 2.14. The summed E-state index contributed by atoms with van der Waals surface area (Å²) in [7, 11) is 0. The lowest BCUT2D eigenvalue weighted by atomic mass is 10.1. The van der Waals surface area contributed by atoms with Crippen molar-refractivity contribution < 1.29 is 9.47 Å². The molecule has 1 fully saturated rings. The number of rotatable bonds is 4. The van der Waals surface area contributed by atoms with Crippen molar-refractivity contribution in [3.63, 3.8) is 0 Å². The molecule has 92 valence electrons. The Balaban J connectivity index is 1.65. The van der Waals surface area contributed by atoms with Gasteiger partial charge in [0, 0.05) is 12.1 Å². The molecule has 17 heavy (non-hydrogen) atoms. The fourth-order valence-electron chi connectivity index (χ4n) is 2.28. The normalized spacial score (nSPS) is 20.1. The van der Waals surface area contributed by atoms with Crippen molar-refractivity contribution in [2.24, 2.45) is 0 Å². The smallest absolute Gasteiger partial charge is 0.161 e. The highest BCUT2D eigenvalue weighted by molar-refractivity contribution is 5.44. The quantitative estimate of drug-likeness (QED) is 0.864. The van der Waals surface area contributed by atoms with Gasteiger partial charge in [-0.15, -0.1) is 0 Å². The average molecular weight is 233 g/mol. The van der Waals surface area contributed by atoms with Gasteiger partial charge in [-0.05, 0) is 43.9 Å². The molecule has 1 saturated carbocycles. The number of benzene rings is 1. The van der Waals surface area contributed by atoms with E-state index in [4.69, 9.17) is 9.47 Å². The van der Waals surface area contributed by atoms with Crippen LogP contribution in [0.1, 0.15) is 25.3 Å². The van der Waals surface area contributed by atoms with E-state index in [0.717, 1.165) is 24.0 Å². The van der Waals surface area contributed by atoms with E-state index in [2.05, 4.69) is 24.4 Å². The molecule has 1 unspecified atom stereocenters. The molecular formula is C14H19NO2. The molecule has 0 aromatic heterocycles. The van der Waals surface area contributed by atoms with E-state index in [0.29, 0.717) is 19.3 Å². The van der Waals surface area contributed by atoms with Crippen LogP contribution in [0, 0.1) is 0 Å². The molecule has 3 nitrogen and oxygen atoms in total. The first kappa shape index (κ1) is 10.9. The van der Waals surface area contributed by atoms with Crippen molar-refractivity contribution in [2.75, 3.05) is 13.2 Å². The Morgan fingerprint density at radius 1 is 1.24 bits per heavy atom. The van der Waals surface area contributed by atoms with Gasteiger partial charge in [0.1, 0.15) is 13.2 Å². The summed E-state index contributed by atoms with van der Waals surface area (Å²) in [6.07, 6.45) is 3.73. The number of hydrogen-bond acceptors (Lipinski definition) is 3. The third kappa shape index (κ3) is 2.72. The van der Waals surface area contributed by atoms with Crippen molar-refractivity contribution in [1.29, 1.82) is 0 Å². The summed E-state index contributed by atoms with van der Waals surface area (Å²) in [6.45, 7) is 3.56. The molecule has 0 amide bonds. The van der Waals surface area contributed by atoms with Crippen LogP contribution < -0.4 is 14.8 Å². The highest BCUT2D eigenvalue weighted by atomic mass is 16.6. The zero-order chi connectivity index (χ0) is 11.7. The van der Waals surface area contributed by atoms with Gasteiger partial charge in [0.2, 0.25) is 0 Å². The number of nitrogens with one attached hydrogen (secondary N) is 1. The maximum absolute atomic E-state index is 5.59. The molecule has 0 bridgehead atoms. The first-order valence-corrected chi connectivity index (χ1v) is 6.46. The fourth-order valence-corrected chi connectivity index (χ4v) is 2.28. The molecule has 1 aromatic rings. The number of hydrogen-bond donors (Lipinski definition) is 1. The Bertz CT molecular complexity index is 401. The Morgan fingerprint density at radius 3 is 2.76 bits per heavy atom. The van der Waals surface area contributed by atoms with Gasteiger partial charge in [-0.3, -0.25) is 0 Å². The zero-order valence-electron chi connectivity index (χ0n) is 10.2. The largest absolute Gasteiger partial charge is 0.486 e. The van der Waals surface area contributed by atoms with Crippen molar-refractivity contribution in [1.82, 2.24) is 5.32 Å². The van der Waals surface area contributed by atoms with Gasteiger partial charge in [0.15, 0.2) is 11.5 Å². The Kier molecular flexibility index (Phi) is 2.93. The van der Waals surface area contributed by atoms with Crippen LogP contribution in [0.15, 0.2) is 18.2 Å². The van der Waals surface area contributed by atoms with Gasteiger partial charge in [0.25, 0.3) is 0 Å². The lowest BCUT2D eigenvalue weighted by Crippen LogP contribution is -2.29. The molecule has 1 N–H and O–H groups in total. The predicted molar refractivity (Wildman–Crippen MR) is 66.8 cm³/mol. The van der Waals surface area contributed by atoms with Gasteiger partial charge in [-0.1, -0.05) is 6.07 Å². The van der Waals surface area contributed by atoms with Gasteiger partial charge in [0.05, 0.1) is 0 Å². The van der Waals surface area contributed by atoms with Crippen molar-refractivity contribution >= 4 is 0 Å². The van der Waals surface area contributed by atoms with Crippen LogP contribution in [-0.4, -0.2) is 25.3 Å². The maximum atomic E-state index is 5.59. The molecule has 1 aliphatic carbocycles. The van der Waals surface area contributed by atoms with E-state index < -0.39 is 0 Å². The third-order valence-electron chi connectivity index (χ3n) is 3.25. The summed E-state index contributed by atoms with van der Waals surface area (Å²) in [6, 6.07) is 7.57. The van der Waals surface area contributed by atoms with Crippen LogP contribution in [-0.2, 0) is 6.42 Å². The lowest BCUT2D eigenvalue weighted by Gasteiger charge is -2.20. The van der Waals surface area contributed by atoms with E-state index in [1.807, 2.05) is 6.07 Å². The standard InChI is InChI=1S/C14H19NO2/c1-10(15-12-3-4-12)8-11-2-5-13-14(9-11)17-7-6-16-13/h2,5,9-10,12,15H,3-4,6-8H2,1H3. The molecule has 3 rings (SSSR count). The summed E-state index contributed by atoms with van der Waals surface area (Å²) in [4.78, 5) is 0. The highest BCUT2D eigenvalue weighted by Gasteiger charge is 2.22. The minimum absolute atomic E-state index is 0.532. The average Bonchev–Trinajstić information content (AvgIpc) is 3.12. The topological polar surface area (TPSA) is 30.5 Å². The first-order chi connectivity index (χ1) is 8.31. The highest BCUT2D eigenvalue weighted by Crippen LogP contribution is 2.31. The van der Waals surface area contributed by atoms with E-state index >= 15 is 0 Å². The van der Waals surface area contributed by atoms with Crippen LogP contribution in [0.5, 0.6) is 11.5 Å². The van der Waals surface area contributed by atoms with E-state index in [1.54, 1.807) is 0 Å². The van der Waals surface area contributed by atoms with Crippen molar-refractivity contribution in [3.8, 4) is 11.5 Å². The van der Waals surface area contributed by atoms with E-state index in [1.165, 1.54) is 18.4 Å². The Morgan fingerprint density at radius 2 is 2.00 bits per heavy atom. The van der Waals surface area contributed by atoms with Gasteiger partial charge in [-0.2, -0.15) is 0 Å². The molecule has 1 aliphatic heterocycles. The second kappa shape index (κ2) is 4.57. The van der Waals surface area contributed by atoms with Crippen LogP contribution in [0.25, 0.3) is 0 Å². The number of fused-ring (bicyclic) bond motifs is 1. The molecule has 2 aliphatic rings. The first-order valence-electron chi connectivity index (χ1n) is 6.46. The lowest BCUT2D eigenvalue weighted by molar-refractivity contribution is 0.171. The van der Waals surface area contributed by atoms with Crippen LogP contribution in [0.2, 0.25) is 0 Å². The second-order valence-electron chi connectivity index (χ2n) is 5.02. The minimum atomic E-state index is 0.532. The van der Waals surface area contributed by atoms with E-state index in [-0.39, 0.29) is 0 Å². The second-order valence-corrected chi connectivity index (χ2v) is 5.02. The van der Waals surface area contributed by atoms with Crippen LogP contribution in [0.4, 0.5) is 0 Å². The van der Waals surface area contributed by atoms with Crippen LogP contribution in [0.3, 0.4) is 0 Å². The van der Waals surface area contributed by atoms with Crippen molar-refractivity contribution in [3.05, 3.63) is 23.8 Å². The molecule has 3 heteroatoms. The summed E-state index contributed by atoms with van der Waals surface area (Å²) < 4.78 is 11.1. The molecule has 0 radical (unpaired) electrons.